The Morgan fingerprint density at radius 3 is 3.00 bits per heavy atom. The van der Waals surface area contributed by atoms with Crippen LogP contribution >= 0.6 is 0 Å². The van der Waals surface area contributed by atoms with Crippen LogP contribution in [0, 0.1) is 13.0 Å². The topological polar surface area (TPSA) is 68.9 Å². The zero-order valence-corrected chi connectivity index (χ0v) is 7.61. The van der Waals surface area contributed by atoms with Crippen LogP contribution in [0.5, 0.6) is 0 Å². The first-order chi connectivity index (χ1) is 6.68. The van der Waals surface area contributed by atoms with E-state index in [1.807, 2.05) is 0 Å². The Hall–Kier alpha value is -1.97. The van der Waals surface area contributed by atoms with Gasteiger partial charge >= 0.3 is 0 Å². The van der Waals surface area contributed by atoms with Crippen molar-refractivity contribution < 1.29 is 4.79 Å². The monoisotopic (exact) mass is 186 g/mol. The van der Waals surface area contributed by atoms with Gasteiger partial charge in [-0.1, -0.05) is 12.1 Å². The van der Waals surface area contributed by atoms with Crippen LogP contribution in [0.25, 0.3) is 11.0 Å². The standard InChI is InChI=1S/C10H8N3O/c1-6-9(10(11)14)13-8-5-3-2-4-7(8)12-6/h2-3,5H,1H3,(H2,11,14). The van der Waals surface area contributed by atoms with Crippen molar-refractivity contribution in [2.45, 2.75) is 6.92 Å². The van der Waals surface area contributed by atoms with Crippen LogP contribution in [0.4, 0.5) is 0 Å². The molecular formula is C10H8N3O. The lowest BCUT2D eigenvalue weighted by molar-refractivity contribution is 0.0995. The molecule has 0 bridgehead atoms. The van der Waals surface area contributed by atoms with E-state index in [1.54, 1.807) is 25.1 Å². The van der Waals surface area contributed by atoms with E-state index < -0.39 is 5.91 Å². The van der Waals surface area contributed by atoms with Gasteiger partial charge in [0.25, 0.3) is 5.91 Å². The third kappa shape index (κ3) is 1.31. The van der Waals surface area contributed by atoms with Crippen LogP contribution in [0.2, 0.25) is 0 Å². The highest BCUT2D eigenvalue weighted by Gasteiger charge is 2.09. The Balaban J connectivity index is 2.77. The molecule has 1 aromatic carbocycles. The number of rotatable bonds is 1. The van der Waals surface area contributed by atoms with Crippen LogP contribution in [-0.2, 0) is 0 Å². The minimum Gasteiger partial charge on any atom is -0.364 e. The molecule has 0 saturated carbocycles. The maximum Gasteiger partial charge on any atom is 0.269 e. The molecule has 0 aliphatic carbocycles. The minimum atomic E-state index is -0.555. The lowest BCUT2D eigenvalue weighted by Gasteiger charge is -2.01. The molecule has 1 aromatic heterocycles. The Morgan fingerprint density at radius 2 is 2.29 bits per heavy atom. The van der Waals surface area contributed by atoms with E-state index in [2.05, 4.69) is 16.0 Å². The Morgan fingerprint density at radius 1 is 1.50 bits per heavy atom. The van der Waals surface area contributed by atoms with Gasteiger partial charge in [0.05, 0.1) is 16.7 Å². The quantitative estimate of drug-likeness (QED) is 0.717. The third-order valence-corrected chi connectivity index (χ3v) is 1.90. The van der Waals surface area contributed by atoms with Gasteiger partial charge in [-0.2, -0.15) is 0 Å². The van der Waals surface area contributed by atoms with E-state index in [9.17, 15) is 4.79 Å². The van der Waals surface area contributed by atoms with Crippen molar-refractivity contribution >= 4 is 16.9 Å². The summed E-state index contributed by atoms with van der Waals surface area (Å²) in [4.78, 5) is 19.3. The zero-order valence-electron chi connectivity index (χ0n) is 7.61. The number of hydrogen-bond donors (Lipinski definition) is 1. The Kier molecular flexibility index (Phi) is 1.89. The van der Waals surface area contributed by atoms with E-state index in [0.29, 0.717) is 16.7 Å². The van der Waals surface area contributed by atoms with Crippen molar-refractivity contribution in [1.29, 1.82) is 0 Å². The van der Waals surface area contributed by atoms with Gasteiger partial charge in [-0.15, -0.1) is 0 Å². The van der Waals surface area contributed by atoms with Crippen molar-refractivity contribution in [3.05, 3.63) is 35.7 Å². The number of amides is 1. The fourth-order valence-electron chi connectivity index (χ4n) is 1.25. The average Bonchev–Trinajstić information content (AvgIpc) is 2.16. The minimum absolute atomic E-state index is 0.220. The number of nitrogens with zero attached hydrogens (tertiary/aromatic N) is 2. The second-order valence-corrected chi connectivity index (χ2v) is 2.93. The number of para-hydroxylation sites is 1. The summed E-state index contributed by atoms with van der Waals surface area (Å²) < 4.78 is 0. The number of fused-ring (bicyclic) bond motifs is 1. The number of aromatic nitrogens is 2. The van der Waals surface area contributed by atoms with Gasteiger partial charge in [-0.3, -0.25) is 4.79 Å². The summed E-state index contributed by atoms with van der Waals surface area (Å²) in [7, 11) is 0. The predicted molar refractivity (Wildman–Crippen MR) is 51.6 cm³/mol. The molecule has 14 heavy (non-hydrogen) atoms. The van der Waals surface area contributed by atoms with Gasteiger partial charge in [-0.25, -0.2) is 9.97 Å². The predicted octanol–water partition coefficient (Wildman–Crippen LogP) is 0.837. The molecule has 0 atom stereocenters. The molecule has 0 saturated heterocycles. The summed E-state index contributed by atoms with van der Waals surface area (Å²) in [5, 5.41) is 0. The molecule has 2 N–H and O–H groups in total. The SMILES string of the molecule is Cc1nc2[c]cccc2nc1C(N)=O. The highest BCUT2D eigenvalue weighted by atomic mass is 16.1. The Labute approximate surface area is 80.8 Å². The van der Waals surface area contributed by atoms with Gasteiger partial charge in [0.15, 0.2) is 0 Å². The Bertz CT molecular complexity index is 508. The smallest absolute Gasteiger partial charge is 0.269 e. The molecule has 2 aromatic rings. The van der Waals surface area contributed by atoms with E-state index in [1.165, 1.54) is 0 Å². The van der Waals surface area contributed by atoms with E-state index in [0.717, 1.165) is 0 Å². The number of benzene rings is 1. The highest BCUT2D eigenvalue weighted by molar-refractivity contribution is 5.93. The number of primary amides is 1. The van der Waals surface area contributed by atoms with Gasteiger partial charge in [0.1, 0.15) is 5.69 Å². The van der Waals surface area contributed by atoms with E-state index in [-0.39, 0.29) is 5.69 Å². The van der Waals surface area contributed by atoms with E-state index >= 15 is 0 Å². The van der Waals surface area contributed by atoms with Crippen molar-refractivity contribution in [2.24, 2.45) is 5.73 Å². The maximum absolute atomic E-state index is 11.0. The largest absolute Gasteiger partial charge is 0.364 e. The molecular weight excluding hydrogens is 178 g/mol. The molecule has 69 valence electrons. The molecule has 0 aliphatic heterocycles. The molecule has 4 nitrogen and oxygen atoms in total. The van der Waals surface area contributed by atoms with Gasteiger partial charge < -0.3 is 5.73 Å². The second-order valence-electron chi connectivity index (χ2n) is 2.93. The van der Waals surface area contributed by atoms with Gasteiger partial charge in [0, 0.05) is 6.07 Å². The molecule has 0 fully saturated rings. The lowest BCUT2D eigenvalue weighted by Crippen LogP contribution is -2.15. The summed E-state index contributed by atoms with van der Waals surface area (Å²) in [6, 6.07) is 8.24. The molecule has 0 unspecified atom stereocenters. The first kappa shape index (κ1) is 8.62. The first-order valence-corrected chi connectivity index (χ1v) is 4.13. The molecule has 4 heteroatoms. The van der Waals surface area contributed by atoms with Gasteiger partial charge in [-0.05, 0) is 13.0 Å². The number of nitrogens with two attached hydrogens (primary N) is 1. The molecule has 0 aliphatic rings. The number of carbonyl (C=O) groups excluding carboxylic acids is 1. The molecule has 1 heterocycles. The molecule has 2 rings (SSSR count). The molecule has 1 amide bonds. The van der Waals surface area contributed by atoms with Crippen molar-refractivity contribution in [3.8, 4) is 0 Å². The average molecular weight is 186 g/mol. The van der Waals surface area contributed by atoms with Crippen LogP contribution in [0.1, 0.15) is 16.2 Å². The summed E-state index contributed by atoms with van der Waals surface area (Å²) in [5.41, 5.74) is 7.19. The second kappa shape index (κ2) is 3.06. The number of hydrogen-bond acceptors (Lipinski definition) is 3. The summed E-state index contributed by atoms with van der Waals surface area (Å²) in [5.74, 6) is -0.555. The van der Waals surface area contributed by atoms with Crippen molar-refractivity contribution in [3.63, 3.8) is 0 Å². The van der Waals surface area contributed by atoms with Crippen LogP contribution in [-0.4, -0.2) is 15.9 Å². The number of aryl methyl sites for hydroxylation is 1. The summed E-state index contributed by atoms with van der Waals surface area (Å²) in [6.07, 6.45) is 0. The summed E-state index contributed by atoms with van der Waals surface area (Å²) >= 11 is 0. The van der Waals surface area contributed by atoms with Gasteiger partial charge in [0.2, 0.25) is 0 Å². The molecule has 1 radical (unpaired) electrons. The summed E-state index contributed by atoms with van der Waals surface area (Å²) in [6.45, 7) is 1.70. The fraction of sp³-hybridized carbons (Fsp3) is 0.100. The third-order valence-electron chi connectivity index (χ3n) is 1.90. The fourth-order valence-corrected chi connectivity index (χ4v) is 1.25. The van der Waals surface area contributed by atoms with Crippen LogP contribution in [0.3, 0.4) is 0 Å². The van der Waals surface area contributed by atoms with Crippen LogP contribution in [0.15, 0.2) is 18.2 Å². The lowest BCUT2D eigenvalue weighted by atomic mass is 10.2. The zero-order chi connectivity index (χ0) is 10.1. The molecule has 0 spiro atoms. The maximum atomic E-state index is 11.0. The number of carbonyl (C=O) groups is 1. The van der Waals surface area contributed by atoms with Crippen LogP contribution < -0.4 is 5.73 Å². The van der Waals surface area contributed by atoms with Crippen molar-refractivity contribution in [1.82, 2.24) is 9.97 Å². The highest BCUT2D eigenvalue weighted by Crippen LogP contribution is 2.10. The van der Waals surface area contributed by atoms with E-state index in [4.69, 9.17) is 5.73 Å². The first-order valence-electron chi connectivity index (χ1n) is 4.13. The normalized spacial score (nSPS) is 10.4. The van der Waals surface area contributed by atoms with Crippen molar-refractivity contribution in [2.75, 3.05) is 0 Å².